The van der Waals surface area contributed by atoms with E-state index in [4.69, 9.17) is 4.74 Å². The number of amides is 1. The van der Waals surface area contributed by atoms with Gasteiger partial charge in [-0.15, -0.1) is 0 Å². The average molecular weight is 341 g/mol. The van der Waals surface area contributed by atoms with Crippen LogP contribution in [0.1, 0.15) is 41.4 Å². The highest BCUT2D eigenvalue weighted by Crippen LogP contribution is 2.29. The zero-order valence-corrected chi connectivity index (χ0v) is 14.6. The lowest BCUT2D eigenvalue weighted by molar-refractivity contribution is -0.149. The SMILES string of the molecule is Cc1cc(C)n(CC(=O)OCC(=O)N[C@@H]2CCCc3ccccc32)n1. The van der Waals surface area contributed by atoms with E-state index in [1.807, 2.05) is 38.1 Å². The zero-order valence-electron chi connectivity index (χ0n) is 14.6. The molecule has 132 valence electrons. The Labute approximate surface area is 147 Å². The van der Waals surface area contributed by atoms with E-state index < -0.39 is 5.97 Å². The van der Waals surface area contributed by atoms with Gasteiger partial charge in [-0.3, -0.25) is 14.3 Å². The van der Waals surface area contributed by atoms with Crippen molar-refractivity contribution in [3.05, 3.63) is 52.8 Å². The summed E-state index contributed by atoms with van der Waals surface area (Å²) < 4.78 is 6.67. The van der Waals surface area contributed by atoms with Crippen LogP contribution in [0.5, 0.6) is 0 Å². The molecule has 0 spiro atoms. The highest BCUT2D eigenvalue weighted by molar-refractivity contribution is 5.80. The fourth-order valence-corrected chi connectivity index (χ4v) is 3.29. The lowest BCUT2D eigenvalue weighted by Crippen LogP contribution is -2.34. The van der Waals surface area contributed by atoms with Crippen molar-refractivity contribution >= 4 is 11.9 Å². The smallest absolute Gasteiger partial charge is 0.328 e. The van der Waals surface area contributed by atoms with E-state index in [-0.39, 0.29) is 25.1 Å². The van der Waals surface area contributed by atoms with Crippen LogP contribution in [0, 0.1) is 13.8 Å². The maximum atomic E-state index is 12.1. The number of esters is 1. The fourth-order valence-electron chi connectivity index (χ4n) is 3.29. The van der Waals surface area contributed by atoms with Gasteiger partial charge in [0, 0.05) is 5.69 Å². The Morgan fingerprint density at radius 2 is 2.12 bits per heavy atom. The number of aryl methyl sites for hydroxylation is 3. The molecular formula is C19H23N3O3. The molecule has 25 heavy (non-hydrogen) atoms. The first-order chi connectivity index (χ1) is 12.0. The second kappa shape index (κ2) is 7.51. The molecule has 1 amide bonds. The number of hydrogen-bond acceptors (Lipinski definition) is 4. The standard InChI is InChI=1S/C19H23N3O3/c1-13-10-14(2)22(21-13)11-19(24)25-12-18(23)20-17-9-5-7-15-6-3-4-8-16(15)17/h3-4,6,8,10,17H,5,7,9,11-12H2,1-2H3,(H,20,23)/t17-/m1/s1. The first-order valence-electron chi connectivity index (χ1n) is 8.57. The summed E-state index contributed by atoms with van der Waals surface area (Å²) >= 11 is 0. The molecule has 0 radical (unpaired) electrons. The molecule has 0 unspecified atom stereocenters. The molecule has 1 atom stereocenters. The molecule has 1 aromatic carbocycles. The van der Waals surface area contributed by atoms with E-state index in [0.29, 0.717) is 0 Å². The Bertz CT molecular complexity index is 782. The van der Waals surface area contributed by atoms with E-state index in [1.54, 1.807) is 4.68 Å². The van der Waals surface area contributed by atoms with Gasteiger partial charge in [0.1, 0.15) is 6.54 Å². The van der Waals surface area contributed by atoms with Crippen LogP contribution < -0.4 is 5.32 Å². The van der Waals surface area contributed by atoms with E-state index in [2.05, 4.69) is 16.5 Å². The highest BCUT2D eigenvalue weighted by atomic mass is 16.5. The second-order valence-corrected chi connectivity index (χ2v) is 6.46. The normalized spacial score (nSPS) is 16.2. The van der Waals surface area contributed by atoms with Gasteiger partial charge in [0.25, 0.3) is 5.91 Å². The number of nitrogens with zero attached hydrogens (tertiary/aromatic N) is 2. The minimum absolute atomic E-state index is 0.00726. The lowest BCUT2D eigenvalue weighted by Gasteiger charge is -2.26. The minimum Gasteiger partial charge on any atom is -0.454 e. The van der Waals surface area contributed by atoms with Crippen molar-refractivity contribution in [3.8, 4) is 0 Å². The molecule has 0 saturated carbocycles. The van der Waals surface area contributed by atoms with Crippen LogP contribution in [0.3, 0.4) is 0 Å². The van der Waals surface area contributed by atoms with Gasteiger partial charge in [0.2, 0.25) is 0 Å². The van der Waals surface area contributed by atoms with Crippen LogP contribution >= 0.6 is 0 Å². The van der Waals surface area contributed by atoms with Crippen LogP contribution in [0.2, 0.25) is 0 Å². The van der Waals surface area contributed by atoms with Crippen molar-refractivity contribution in [2.75, 3.05) is 6.61 Å². The van der Waals surface area contributed by atoms with Crippen molar-refractivity contribution in [3.63, 3.8) is 0 Å². The number of hydrogen-bond donors (Lipinski definition) is 1. The minimum atomic E-state index is -0.467. The van der Waals surface area contributed by atoms with Crippen LogP contribution in [0.4, 0.5) is 0 Å². The summed E-state index contributed by atoms with van der Waals surface area (Å²) in [5, 5.41) is 7.18. The predicted molar refractivity (Wildman–Crippen MR) is 92.9 cm³/mol. The number of benzene rings is 1. The summed E-state index contributed by atoms with van der Waals surface area (Å²) in [5.74, 6) is -0.742. The Kier molecular flexibility index (Phi) is 5.16. The monoisotopic (exact) mass is 341 g/mol. The molecule has 1 aromatic heterocycles. The molecule has 6 heteroatoms. The quantitative estimate of drug-likeness (QED) is 0.847. The Morgan fingerprint density at radius 1 is 1.32 bits per heavy atom. The van der Waals surface area contributed by atoms with Crippen LogP contribution in [-0.4, -0.2) is 28.3 Å². The molecule has 1 aliphatic carbocycles. The van der Waals surface area contributed by atoms with Gasteiger partial charge in [-0.2, -0.15) is 5.10 Å². The number of nitrogens with one attached hydrogen (secondary N) is 1. The van der Waals surface area contributed by atoms with Crippen LogP contribution in [0.15, 0.2) is 30.3 Å². The molecule has 1 N–H and O–H groups in total. The first kappa shape index (κ1) is 17.2. The maximum absolute atomic E-state index is 12.1. The van der Waals surface area contributed by atoms with Gasteiger partial charge in [0.05, 0.1) is 11.7 Å². The number of rotatable bonds is 5. The summed E-state index contributed by atoms with van der Waals surface area (Å²) in [6.07, 6.45) is 2.99. The summed E-state index contributed by atoms with van der Waals surface area (Å²) in [4.78, 5) is 24.0. The molecule has 2 aromatic rings. The first-order valence-corrected chi connectivity index (χ1v) is 8.57. The van der Waals surface area contributed by atoms with E-state index in [0.717, 1.165) is 36.2 Å². The third kappa shape index (κ3) is 4.26. The third-order valence-corrected chi connectivity index (χ3v) is 4.45. The van der Waals surface area contributed by atoms with Crippen molar-refractivity contribution < 1.29 is 14.3 Å². The van der Waals surface area contributed by atoms with Gasteiger partial charge in [-0.1, -0.05) is 24.3 Å². The molecule has 1 heterocycles. The van der Waals surface area contributed by atoms with Gasteiger partial charge < -0.3 is 10.1 Å². The number of carbonyl (C=O) groups is 2. The Balaban J connectivity index is 1.50. The van der Waals surface area contributed by atoms with Crippen molar-refractivity contribution in [1.29, 1.82) is 0 Å². The van der Waals surface area contributed by atoms with Gasteiger partial charge >= 0.3 is 5.97 Å². The Morgan fingerprint density at radius 3 is 2.88 bits per heavy atom. The zero-order chi connectivity index (χ0) is 17.8. The van der Waals surface area contributed by atoms with E-state index in [1.165, 1.54) is 5.56 Å². The fraction of sp³-hybridized carbons (Fsp3) is 0.421. The highest BCUT2D eigenvalue weighted by Gasteiger charge is 2.21. The summed E-state index contributed by atoms with van der Waals surface area (Å²) in [5.41, 5.74) is 4.17. The maximum Gasteiger partial charge on any atom is 0.328 e. The molecule has 0 fully saturated rings. The lowest BCUT2D eigenvalue weighted by atomic mass is 9.88. The molecule has 6 nitrogen and oxygen atoms in total. The summed E-state index contributed by atoms with van der Waals surface area (Å²) in [6.45, 7) is 3.49. The summed E-state index contributed by atoms with van der Waals surface area (Å²) in [6, 6.07) is 10.0. The van der Waals surface area contributed by atoms with Crippen molar-refractivity contribution in [1.82, 2.24) is 15.1 Å². The summed E-state index contributed by atoms with van der Waals surface area (Å²) in [7, 11) is 0. The number of ether oxygens (including phenoxy) is 1. The Hall–Kier alpha value is -2.63. The molecule has 0 saturated heterocycles. The average Bonchev–Trinajstić information content (AvgIpc) is 2.90. The molecule has 1 aliphatic rings. The number of carbonyl (C=O) groups excluding carboxylic acids is 2. The second-order valence-electron chi connectivity index (χ2n) is 6.46. The van der Waals surface area contributed by atoms with Gasteiger partial charge in [0.15, 0.2) is 6.61 Å². The van der Waals surface area contributed by atoms with Crippen molar-refractivity contribution in [2.24, 2.45) is 0 Å². The third-order valence-electron chi connectivity index (χ3n) is 4.45. The number of aromatic nitrogens is 2. The van der Waals surface area contributed by atoms with Gasteiger partial charge in [-0.05, 0) is 50.3 Å². The topological polar surface area (TPSA) is 73.2 Å². The molecular weight excluding hydrogens is 318 g/mol. The van der Waals surface area contributed by atoms with Crippen LogP contribution in [-0.2, 0) is 27.3 Å². The van der Waals surface area contributed by atoms with Crippen LogP contribution in [0.25, 0.3) is 0 Å². The largest absolute Gasteiger partial charge is 0.454 e. The van der Waals surface area contributed by atoms with E-state index in [9.17, 15) is 9.59 Å². The predicted octanol–water partition coefficient (Wildman–Crippen LogP) is 2.24. The molecule has 0 bridgehead atoms. The number of fused-ring (bicyclic) bond motifs is 1. The molecule has 0 aliphatic heterocycles. The molecule has 3 rings (SSSR count). The van der Waals surface area contributed by atoms with Gasteiger partial charge in [-0.25, -0.2) is 0 Å². The van der Waals surface area contributed by atoms with E-state index >= 15 is 0 Å². The van der Waals surface area contributed by atoms with Crippen molar-refractivity contribution in [2.45, 2.75) is 45.7 Å².